The van der Waals surface area contributed by atoms with E-state index in [1.807, 2.05) is 0 Å². The summed E-state index contributed by atoms with van der Waals surface area (Å²) in [6, 6.07) is 0. The first-order valence-corrected chi connectivity index (χ1v) is 7.19. The monoisotopic (exact) mass is 925 g/mol. The van der Waals surface area contributed by atoms with Crippen molar-refractivity contribution in [2.75, 3.05) is 0 Å². The normalized spacial score (nSPS) is 23.3. The zero-order valence-electron chi connectivity index (χ0n) is 19.2. The van der Waals surface area contributed by atoms with Crippen LogP contribution in [0, 0.1) is 59.3 Å². The van der Waals surface area contributed by atoms with E-state index in [0.717, 1.165) is 12.8 Å². The van der Waals surface area contributed by atoms with Gasteiger partial charge in [-0.1, -0.05) is 6.92 Å². The Morgan fingerprint density at radius 1 is 0.828 bits per heavy atom. The van der Waals surface area contributed by atoms with E-state index in [0.29, 0.717) is 17.8 Å². The standard InChI is InChI=1S/C12H18O2.C2H5NO.C2H3O.4CH3.H2O.3W/c1-6-4-9-5-10(6)12(8(3)14)11(9)7(2)13;1-2(3)4;1-2-3;;;;;;;;/h6,9-12H,4-5H2,1-3H3;1H3,(H2,3,4);1H3;4*1H3;1H2;;;/q;;5*-1;;3*+2/p-1. The Hall–Kier alpha value is 0.505. The fourth-order valence-electron chi connectivity index (χ4n) is 3.82. The van der Waals surface area contributed by atoms with Gasteiger partial charge in [0.15, 0.2) is 0 Å². The zero-order chi connectivity index (χ0) is 16.7. The third kappa shape index (κ3) is 19.0. The van der Waals surface area contributed by atoms with Gasteiger partial charge in [-0.15, -0.1) is 0 Å². The van der Waals surface area contributed by atoms with Crippen molar-refractivity contribution in [3.63, 3.8) is 0 Å². The Labute approximate surface area is 222 Å². The number of Topliss-reactive ketones (excluding diaryl/α,β-unsaturated/α-hetero) is 2. The van der Waals surface area contributed by atoms with Crippen molar-refractivity contribution in [1.29, 1.82) is 0 Å². The van der Waals surface area contributed by atoms with Crippen molar-refractivity contribution in [2.45, 2.75) is 47.5 Å². The van der Waals surface area contributed by atoms with Crippen molar-refractivity contribution in [2.24, 2.45) is 29.6 Å². The van der Waals surface area contributed by atoms with Gasteiger partial charge in [-0.25, -0.2) is 0 Å². The Kier molecular flexibility index (Phi) is 56.0. The number of hydrogen-bond acceptors (Lipinski definition) is 4. The van der Waals surface area contributed by atoms with E-state index in [9.17, 15) is 9.59 Å². The number of fused-ring (bicyclic) bond motifs is 2. The molecule has 9 heteroatoms. The largest absolute Gasteiger partial charge is 2.00 e. The minimum Gasteiger partial charge on any atom is -0.668 e. The summed E-state index contributed by atoms with van der Waals surface area (Å²) in [6.07, 6.45) is 3.76. The van der Waals surface area contributed by atoms with Crippen molar-refractivity contribution in [1.82, 2.24) is 0 Å². The van der Waals surface area contributed by atoms with Crippen molar-refractivity contribution < 1.29 is 87.9 Å². The molecule has 5 unspecified atom stereocenters. The van der Waals surface area contributed by atoms with Gasteiger partial charge in [-0.2, -0.15) is 6.92 Å². The summed E-state index contributed by atoms with van der Waals surface area (Å²) >= 11 is 0. The molecule has 2 aliphatic rings. The summed E-state index contributed by atoms with van der Waals surface area (Å²) in [5.74, 6) is 1.60. The number of rotatable bonds is 2. The molecule has 3 N–H and O–H groups in total. The predicted molar refractivity (Wildman–Crippen MR) is 109 cm³/mol. The fraction of sp³-hybridized carbons (Fsp3) is 0.600. The molecule has 2 saturated carbocycles. The Morgan fingerprint density at radius 3 is 1.34 bits per heavy atom. The second-order valence-corrected chi connectivity index (χ2v) is 5.91. The molecule has 0 aromatic heterocycles. The van der Waals surface area contributed by atoms with Crippen molar-refractivity contribution in [3.8, 4) is 0 Å². The molecule has 2 rings (SSSR count). The Balaban J connectivity index is -0.0000000342. The van der Waals surface area contributed by atoms with Crippen LogP contribution in [0.5, 0.6) is 0 Å². The van der Waals surface area contributed by atoms with Crippen LogP contribution in [-0.4, -0.2) is 29.2 Å². The van der Waals surface area contributed by atoms with Crippen LogP contribution in [0.2, 0.25) is 0 Å². The molecule has 172 valence electrons. The minimum atomic E-state index is -0.583. The smallest absolute Gasteiger partial charge is 0.668 e. The van der Waals surface area contributed by atoms with Gasteiger partial charge in [0, 0.05) is 17.7 Å². The van der Waals surface area contributed by atoms with Gasteiger partial charge in [0.2, 0.25) is 0 Å². The van der Waals surface area contributed by atoms with E-state index in [1.165, 1.54) is 20.1 Å². The number of carbonyl (C=O) groups is 3. The molecule has 1 amide bonds. The molecule has 2 bridgehead atoms. The maximum absolute atomic E-state index is 11.5. The number of nitrogens with one attached hydrogen (secondary N) is 1. The molecule has 0 saturated heterocycles. The van der Waals surface area contributed by atoms with E-state index < -0.39 is 5.91 Å². The molecule has 0 heterocycles. The van der Waals surface area contributed by atoms with E-state index in [-0.39, 0.29) is 122 Å². The first-order chi connectivity index (χ1) is 9.67. The van der Waals surface area contributed by atoms with Crippen LogP contribution < -0.4 is 0 Å². The predicted octanol–water partition coefficient (Wildman–Crippen LogP) is 3.74. The summed E-state index contributed by atoms with van der Waals surface area (Å²) in [5, 5.41) is 0. The van der Waals surface area contributed by atoms with Gasteiger partial charge < -0.3 is 50.5 Å². The maximum atomic E-state index is 11.5. The van der Waals surface area contributed by atoms with E-state index in [1.54, 1.807) is 13.8 Å². The van der Waals surface area contributed by atoms with Gasteiger partial charge in [0.1, 0.15) is 11.6 Å². The van der Waals surface area contributed by atoms with Gasteiger partial charge in [-0.05, 0) is 51.4 Å². The molecule has 5 atom stereocenters. The topological polar surface area (TPSA) is 124 Å². The van der Waals surface area contributed by atoms with Crippen LogP contribution in [0.25, 0.3) is 5.73 Å². The van der Waals surface area contributed by atoms with Gasteiger partial charge in [-0.3, -0.25) is 15.9 Å². The van der Waals surface area contributed by atoms with Crippen molar-refractivity contribution in [3.05, 3.63) is 35.4 Å². The maximum Gasteiger partial charge on any atom is 2.00 e. The third-order valence-corrected chi connectivity index (χ3v) is 4.28. The summed E-state index contributed by atoms with van der Waals surface area (Å²) in [7, 11) is 0. The first-order valence-electron chi connectivity index (χ1n) is 7.19. The average molecular weight is 925 g/mol. The molecule has 0 aromatic rings. The van der Waals surface area contributed by atoms with Crippen molar-refractivity contribution >= 4 is 23.8 Å². The Morgan fingerprint density at radius 2 is 1.10 bits per heavy atom. The molecule has 0 aromatic carbocycles. The molecular formula is C20H39NO5W3. The van der Waals surface area contributed by atoms with Crippen LogP contribution in [0.3, 0.4) is 0 Å². The first kappa shape index (κ1) is 57.0. The molecule has 2 aliphatic carbocycles. The molecule has 29 heavy (non-hydrogen) atoms. The molecule has 2 fully saturated rings. The number of hydrogen-bond donors (Lipinski definition) is 0. The minimum absolute atomic E-state index is 0. The summed E-state index contributed by atoms with van der Waals surface area (Å²) in [6.45, 7) is 8.02. The second-order valence-electron chi connectivity index (χ2n) is 5.91. The van der Waals surface area contributed by atoms with E-state index in [2.05, 4.69) is 6.92 Å². The molecular weight excluding hydrogens is 886 g/mol. The SMILES string of the molecule is CC(=O)C1C2CC(C)C(C2)C1C(C)=O.CC([NH-])=O.C[C-]=O.O.[CH3-].[CH3-].[CH3-].[CH3-].[W+2].[W+2].[W+2]. The van der Waals surface area contributed by atoms with Gasteiger partial charge in [0.05, 0.1) is 0 Å². The van der Waals surface area contributed by atoms with Gasteiger partial charge in [0.25, 0.3) is 0 Å². The third-order valence-electron chi connectivity index (χ3n) is 4.28. The van der Waals surface area contributed by atoms with E-state index >= 15 is 0 Å². The molecule has 0 spiro atoms. The summed E-state index contributed by atoms with van der Waals surface area (Å²) in [4.78, 5) is 40.8. The number of amides is 1. The van der Waals surface area contributed by atoms with E-state index in [4.69, 9.17) is 15.3 Å². The van der Waals surface area contributed by atoms with Crippen LogP contribution in [0.4, 0.5) is 0 Å². The summed E-state index contributed by atoms with van der Waals surface area (Å²) < 4.78 is 0. The number of ketones is 2. The molecule has 6 nitrogen and oxygen atoms in total. The quantitative estimate of drug-likeness (QED) is 0.392. The zero-order valence-corrected chi connectivity index (χ0v) is 28.0. The number of carbonyl (C=O) groups excluding carboxylic acids is 4. The van der Waals surface area contributed by atoms with Gasteiger partial charge >= 0.3 is 63.2 Å². The van der Waals surface area contributed by atoms with Crippen LogP contribution in [0.15, 0.2) is 0 Å². The average Bonchev–Trinajstić information content (AvgIpc) is 2.84. The van der Waals surface area contributed by atoms with Crippen LogP contribution in [0.1, 0.15) is 47.5 Å². The van der Waals surface area contributed by atoms with Crippen LogP contribution >= 0.6 is 0 Å². The second kappa shape index (κ2) is 28.5. The Bertz CT molecular complexity index is 419. The fourth-order valence-corrected chi connectivity index (χ4v) is 3.82. The molecule has 0 radical (unpaired) electrons. The molecule has 0 aliphatic heterocycles. The van der Waals surface area contributed by atoms with Crippen LogP contribution in [-0.2, 0) is 82.4 Å². The summed E-state index contributed by atoms with van der Waals surface area (Å²) in [5.41, 5.74) is 5.94.